The maximum absolute atomic E-state index is 12.6. The molecule has 0 aliphatic carbocycles. The summed E-state index contributed by atoms with van der Waals surface area (Å²) in [6, 6.07) is 19.8. The molecule has 27 heavy (non-hydrogen) atoms. The van der Waals surface area contributed by atoms with E-state index in [1.165, 1.54) is 17.3 Å². The fraction of sp³-hybridized carbons (Fsp3) is 0.286. The van der Waals surface area contributed by atoms with Crippen molar-refractivity contribution in [2.45, 2.75) is 36.7 Å². The number of carbonyl (C=O) groups is 1. The first kappa shape index (κ1) is 19.2. The van der Waals surface area contributed by atoms with Gasteiger partial charge in [-0.3, -0.25) is 4.79 Å². The van der Waals surface area contributed by atoms with Gasteiger partial charge in [0.15, 0.2) is 0 Å². The van der Waals surface area contributed by atoms with Gasteiger partial charge in [0.2, 0.25) is 11.8 Å². The van der Waals surface area contributed by atoms with Crippen LogP contribution in [0.15, 0.2) is 70.3 Å². The van der Waals surface area contributed by atoms with E-state index in [9.17, 15) is 4.79 Å². The number of benzene rings is 2. The molecule has 0 saturated carbocycles. The van der Waals surface area contributed by atoms with Gasteiger partial charge in [-0.25, -0.2) is 0 Å². The summed E-state index contributed by atoms with van der Waals surface area (Å²) < 4.78 is 5.75. The highest BCUT2D eigenvalue weighted by atomic mass is 32.2. The van der Waals surface area contributed by atoms with E-state index < -0.39 is 0 Å². The molecule has 2 unspecified atom stereocenters. The predicted molar refractivity (Wildman–Crippen MR) is 108 cm³/mol. The van der Waals surface area contributed by atoms with Crippen LogP contribution in [0.3, 0.4) is 0 Å². The van der Waals surface area contributed by atoms with E-state index in [0.29, 0.717) is 17.5 Å². The maximum Gasteiger partial charge on any atom is 0.277 e. The van der Waals surface area contributed by atoms with E-state index in [-0.39, 0.29) is 17.1 Å². The molecule has 1 amide bonds. The molecule has 3 rings (SSSR count). The van der Waals surface area contributed by atoms with Crippen molar-refractivity contribution in [2.24, 2.45) is 0 Å². The number of carbonyl (C=O) groups excluding carboxylic acids is 1. The first-order chi connectivity index (χ1) is 13.0. The largest absolute Gasteiger partial charge is 0.416 e. The lowest BCUT2D eigenvalue weighted by atomic mass is 9.98. The van der Waals surface area contributed by atoms with Crippen LogP contribution in [0, 0.1) is 0 Å². The molecule has 0 aliphatic heterocycles. The van der Waals surface area contributed by atoms with E-state index in [2.05, 4.69) is 29.3 Å². The smallest absolute Gasteiger partial charge is 0.277 e. The van der Waals surface area contributed by atoms with Crippen molar-refractivity contribution in [1.82, 2.24) is 10.2 Å². The Hall–Kier alpha value is -2.60. The van der Waals surface area contributed by atoms with E-state index in [1.54, 1.807) is 11.9 Å². The summed E-state index contributed by atoms with van der Waals surface area (Å²) in [4.78, 5) is 14.3. The zero-order valence-corrected chi connectivity index (χ0v) is 16.5. The molecule has 1 aromatic heterocycles. The van der Waals surface area contributed by atoms with Crippen LogP contribution >= 0.6 is 11.8 Å². The third-order valence-corrected chi connectivity index (χ3v) is 5.32. The van der Waals surface area contributed by atoms with Crippen LogP contribution in [-0.4, -0.2) is 28.4 Å². The number of rotatable bonds is 7. The molecule has 140 valence electrons. The number of para-hydroxylation sites is 1. The maximum atomic E-state index is 12.6. The van der Waals surface area contributed by atoms with Crippen LogP contribution in [0.2, 0.25) is 0 Å². The number of thioether (sulfide) groups is 1. The van der Waals surface area contributed by atoms with Crippen LogP contribution in [-0.2, 0) is 11.2 Å². The summed E-state index contributed by atoms with van der Waals surface area (Å²) in [7, 11) is 1.77. The number of hydrogen-bond acceptors (Lipinski definition) is 5. The Bertz CT molecular complexity index is 867. The van der Waals surface area contributed by atoms with Crippen molar-refractivity contribution >= 4 is 23.4 Å². The Morgan fingerprint density at radius 1 is 1.04 bits per heavy atom. The third-order valence-electron chi connectivity index (χ3n) is 4.40. The number of anilines is 1. The summed E-state index contributed by atoms with van der Waals surface area (Å²) >= 11 is 1.29. The van der Waals surface area contributed by atoms with Gasteiger partial charge in [-0.15, -0.1) is 10.2 Å². The second kappa shape index (κ2) is 8.86. The standard InChI is InChI=1S/C21H23N3O2S/c1-15(17-10-6-4-7-11-17)14-19-22-23-21(26-19)27-16(2)20(25)24(3)18-12-8-5-9-13-18/h4-13,15-16H,14H2,1-3H3. The summed E-state index contributed by atoms with van der Waals surface area (Å²) in [6.07, 6.45) is 0.670. The van der Waals surface area contributed by atoms with Gasteiger partial charge in [0.05, 0.1) is 5.25 Å². The van der Waals surface area contributed by atoms with Gasteiger partial charge in [0.1, 0.15) is 0 Å². The Morgan fingerprint density at radius 2 is 1.67 bits per heavy atom. The second-order valence-electron chi connectivity index (χ2n) is 6.47. The molecule has 5 nitrogen and oxygen atoms in total. The normalized spacial score (nSPS) is 13.1. The van der Waals surface area contributed by atoms with Crippen LogP contribution in [0.25, 0.3) is 0 Å². The van der Waals surface area contributed by atoms with Crippen molar-refractivity contribution < 1.29 is 9.21 Å². The third kappa shape index (κ3) is 4.98. The van der Waals surface area contributed by atoms with Gasteiger partial charge >= 0.3 is 0 Å². The summed E-state index contributed by atoms with van der Waals surface area (Å²) in [6.45, 7) is 3.98. The van der Waals surface area contributed by atoms with Crippen molar-refractivity contribution in [2.75, 3.05) is 11.9 Å². The highest BCUT2D eigenvalue weighted by molar-refractivity contribution is 8.00. The van der Waals surface area contributed by atoms with Gasteiger partial charge in [0.25, 0.3) is 5.22 Å². The highest BCUT2D eigenvalue weighted by Gasteiger charge is 2.22. The number of nitrogens with zero attached hydrogens (tertiary/aromatic N) is 3. The van der Waals surface area contributed by atoms with Crippen molar-refractivity contribution in [3.8, 4) is 0 Å². The Kier molecular flexibility index (Phi) is 6.29. The predicted octanol–water partition coefficient (Wildman–Crippen LogP) is 4.56. The van der Waals surface area contributed by atoms with Crippen molar-refractivity contribution in [3.05, 3.63) is 72.1 Å². The van der Waals surface area contributed by atoms with Crippen LogP contribution in [0.1, 0.15) is 31.2 Å². The van der Waals surface area contributed by atoms with E-state index in [1.807, 2.05) is 55.5 Å². The monoisotopic (exact) mass is 381 g/mol. The molecule has 0 fully saturated rings. The molecule has 0 radical (unpaired) electrons. The molecule has 0 bridgehead atoms. The topological polar surface area (TPSA) is 59.2 Å². The number of aromatic nitrogens is 2. The van der Waals surface area contributed by atoms with E-state index in [0.717, 1.165) is 5.69 Å². The minimum Gasteiger partial charge on any atom is -0.416 e. The van der Waals surface area contributed by atoms with Gasteiger partial charge in [0, 0.05) is 19.2 Å². The van der Waals surface area contributed by atoms with Gasteiger partial charge in [-0.05, 0) is 30.5 Å². The molecule has 6 heteroatoms. The van der Waals surface area contributed by atoms with Crippen LogP contribution in [0.5, 0.6) is 0 Å². The second-order valence-corrected chi connectivity index (χ2v) is 7.76. The first-order valence-electron chi connectivity index (χ1n) is 8.91. The first-order valence-corrected chi connectivity index (χ1v) is 9.79. The quantitative estimate of drug-likeness (QED) is 0.562. The Labute approximate surface area is 163 Å². The molecule has 2 aromatic carbocycles. The lowest BCUT2D eigenvalue weighted by Crippen LogP contribution is -2.33. The fourth-order valence-corrected chi connectivity index (χ4v) is 3.58. The summed E-state index contributed by atoms with van der Waals surface area (Å²) in [5, 5.41) is 8.33. The van der Waals surface area contributed by atoms with Crippen LogP contribution < -0.4 is 4.90 Å². The SMILES string of the molecule is CC(Sc1nnc(CC(C)c2ccccc2)o1)C(=O)N(C)c1ccccc1. The minimum absolute atomic E-state index is 0.0106. The molecule has 1 heterocycles. The zero-order valence-electron chi connectivity index (χ0n) is 15.7. The molecule has 0 spiro atoms. The average molecular weight is 382 g/mol. The Morgan fingerprint density at radius 3 is 2.33 bits per heavy atom. The number of amides is 1. The average Bonchev–Trinajstić information content (AvgIpc) is 3.14. The van der Waals surface area contributed by atoms with Gasteiger partial charge in [-0.1, -0.05) is 67.2 Å². The fourth-order valence-electron chi connectivity index (χ4n) is 2.78. The van der Waals surface area contributed by atoms with Crippen molar-refractivity contribution in [1.29, 1.82) is 0 Å². The molecule has 3 aromatic rings. The lowest BCUT2D eigenvalue weighted by Gasteiger charge is -2.20. The van der Waals surface area contributed by atoms with Crippen molar-refractivity contribution in [3.63, 3.8) is 0 Å². The molecule has 0 aliphatic rings. The van der Waals surface area contributed by atoms with Gasteiger partial charge in [-0.2, -0.15) is 0 Å². The lowest BCUT2D eigenvalue weighted by molar-refractivity contribution is -0.117. The molecular weight excluding hydrogens is 358 g/mol. The molecule has 0 saturated heterocycles. The summed E-state index contributed by atoms with van der Waals surface area (Å²) in [5.41, 5.74) is 2.09. The molecule has 0 N–H and O–H groups in total. The van der Waals surface area contributed by atoms with Crippen LogP contribution in [0.4, 0.5) is 5.69 Å². The highest BCUT2D eigenvalue weighted by Crippen LogP contribution is 2.26. The zero-order chi connectivity index (χ0) is 19.2. The Balaban J connectivity index is 1.59. The minimum atomic E-state index is -0.324. The van der Waals surface area contributed by atoms with E-state index >= 15 is 0 Å². The molecular formula is C21H23N3O2S. The van der Waals surface area contributed by atoms with Gasteiger partial charge < -0.3 is 9.32 Å². The van der Waals surface area contributed by atoms with E-state index in [4.69, 9.17) is 4.42 Å². The summed E-state index contributed by atoms with van der Waals surface area (Å²) in [5.74, 6) is 0.862. The molecule has 2 atom stereocenters. The number of hydrogen-bond donors (Lipinski definition) is 0.